The Kier molecular flexibility index (Phi) is 4.59. The van der Waals surface area contributed by atoms with Crippen LogP contribution in [0, 0.1) is 5.92 Å². The fourth-order valence-corrected chi connectivity index (χ4v) is 3.24. The summed E-state index contributed by atoms with van der Waals surface area (Å²) in [5.41, 5.74) is 1.42. The van der Waals surface area contributed by atoms with Gasteiger partial charge in [-0.25, -0.2) is 0 Å². The average molecular weight is 299 g/mol. The lowest BCUT2D eigenvalue weighted by Gasteiger charge is -2.28. The van der Waals surface area contributed by atoms with Gasteiger partial charge in [-0.2, -0.15) is 0 Å². The zero-order valence-electron chi connectivity index (χ0n) is 12.6. The molecule has 2 aromatic rings. The standard InChI is InChI=1S/C18H21NO3/c20-18(21)17-7-6-16(22-17)13-19-10-8-15(9-11-19)12-14-4-2-1-3-5-14/h1-7,15H,8-13H2,(H,20,21). The Labute approximate surface area is 130 Å². The number of likely N-dealkylation sites (tertiary alicyclic amines) is 1. The minimum atomic E-state index is -1.25. The number of carboxylic acids is 1. The van der Waals surface area contributed by atoms with E-state index in [0.29, 0.717) is 0 Å². The lowest BCUT2D eigenvalue weighted by molar-refractivity contribution is -0.920. The first-order chi connectivity index (χ1) is 10.7. The zero-order chi connectivity index (χ0) is 15.4. The van der Waals surface area contributed by atoms with Gasteiger partial charge >= 0.3 is 0 Å². The minimum Gasteiger partial charge on any atom is -0.542 e. The van der Waals surface area contributed by atoms with E-state index in [1.807, 2.05) is 0 Å². The van der Waals surface area contributed by atoms with E-state index in [9.17, 15) is 9.90 Å². The van der Waals surface area contributed by atoms with Crippen molar-refractivity contribution in [3.05, 3.63) is 59.5 Å². The molecule has 0 unspecified atom stereocenters. The Morgan fingerprint density at radius 2 is 1.86 bits per heavy atom. The van der Waals surface area contributed by atoms with E-state index < -0.39 is 5.97 Å². The Hall–Kier alpha value is -2.07. The SMILES string of the molecule is O=C([O-])c1ccc(C[NH+]2CCC(Cc3ccccc3)CC2)o1. The molecule has 0 aliphatic carbocycles. The molecule has 0 amide bonds. The van der Waals surface area contributed by atoms with Crippen LogP contribution >= 0.6 is 0 Å². The topological polar surface area (TPSA) is 57.7 Å². The number of aromatic carboxylic acids is 1. The molecule has 1 fully saturated rings. The summed E-state index contributed by atoms with van der Waals surface area (Å²) < 4.78 is 5.29. The van der Waals surface area contributed by atoms with Crippen LogP contribution in [0.1, 0.15) is 34.7 Å². The molecule has 1 N–H and O–H groups in total. The van der Waals surface area contributed by atoms with Gasteiger partial charge in [-0.3, -0.25) is 0 Å². The van der Waals surface area contributed by atoms with Crippen LogP contribution in [0.2, 0.25) is 0 Å². The molecular formula is C18H21NO3. The van der Waals surface area contributed by atoms with Crippen molar-refractivity contribution in [3.8, 4) is 0 Å². The van der Waals surface area contributed by atoms with Crippen molar-refractivity contribution < 1.29 is 19.2 Å². The van der Waals surface area contributed by atoms with E-state index in [-0.39, 0.29) is 5.76 Å². The van der Waals surface area contributed by atoms with Gasteiger partial charge in [0, 0.05) is 0 Å². The third kappa shape index (κ3) is 3.77. The molecule has 4 nitrogen and oxygen atoms in total. The Balaban J connectivity index is 1.48. The lowest BCUT2D eigenvalue weighted by atomic mass is 9.90. The summed E-state index contributed by atoms with van der Waals surface area (Å²) in [6.45, 7) is 2.98. The first-order valence-corrected chi connectivity index (χ1v) is 7.88. The number of benzene rings is 1. The lowest BCUT2D eigenvalue weighted by Crippen LogP contribution is -3.11. The number of hydrogen-bond donors (Lipinski definition) is 1. The van der Waals surface area contributed by atoms with Gasteiger partial charge in [0.15, 0.2) is 5.76 Å². The maximum Gasteiger partial charge on any atom is 0.159 e. The van der Waals surface area contributed by atoms with E-state index in [1.54, 1.807) is 6.07 Å². The summed E-state index contributed by atoms with van der Waals surface area (Å²) in [4.78, 5) is 12.2. The number of rotatable bonds is 5. The normalized spacial score (nSPS) is 21.6. The highest BCUT2D eigenvalue weighted by Crippen LogP contribution is 2.16. The van der Waals surface area contributed by atoms with Crippen LogP contribution in [0.25, 0.3) is 0 Å². The van der Waals surface area contributed by atoms with Crippen LogP contribution in [-0.4, -0.2) is 19.1 Å². The molecular weight excluding hydrogens is 278 g/mol. The maximum atomic E-state index is 10.7. The third-order valence-electron chi connectivity index (χ3n) is 4.47. The van der Waals surface area contributed by atoms with Gasteiger partial charge in [0.1, 0.15) is 18.3 Å². The Morgan fingerprint density at radius 3 is 2.50 bits per heavy atom. The number of furan rings is 1. The fraction of sp³-hybridized carbons (Fsp3) is 0.389. The summed E-state index contributed by atoms with van der Waals surface area (Å²) in [5, 5.41) is 10.7. The van der Waals surface area contributed by atoms with Gasteiger partial charge in [0.25, 0.3) is 0 Å². The number of carbonyl (C=O) groups is 1. The Morgan fingerprint density at radius 1 is 1.14 bits per heavy atom. The predicted octanol–water partition coefficient (Wildman–Crippen LogP) is 0.681. The summed E-state index contributed by atoms with van der Waals surface area (Å²) in [6, 6.07) is 13.9. The number of piperidine rings is 1. The summed E-state index contributed by atoms with van der Waals surface area (Å²) in [7, 11) is 0. The van der Waals surface area contributed by atoms with Gasteiger partial charge in [0.2, 0.25) is 0 Å². The molecule has 0 spiro atoms. The van der Waals surface area contributed by atoms with E-state index in [4.69, 9.17) is 4.42 Å². The minimum absolute atomic E-state index is 0.0756. The van der Waals surface area contributed by atoms with E-state index in [2.05, 4.69) is 30.3 Å². The molecule has 1 aliphatic rings. The zero-order valence-corrected chi connectivity index (χ0v) is 12.6. The average Bonchev–Trinajstić information content (AvgIpc) is 2.99. The second kappa shape index (κ2) is 6.79. The molecule has 1 saturated heterocycles. The van der Waals surface area contributed by atoms with Gasteiger partial charge < -0.3 is 19.2 Å². The van der Waals surface area contributed by atoms with Crippen LogP contribution in [-0.2, 0) is 13.0 Å². The van der Waals surface area contributed by atoms with Crippen LogP contribution in [0.4, 0.5) is 0 Å². The van der Waals surface area contributed by atoms with Gasteiger partial charge in [-0.15, -0.1) is 0 Å². The van der Waals surface area contributed by atoms with Crippen molar-refractivity contribution in [2.24, 2.45) is 5.92 Å². The van der Waals surface area contributed by atoms with Crippen molar-refractivity contribution in [2.45, 2.75) is 25.8 Å². The highest BCUT2D eigenvalue weighted by molar-refractivity contribution is 5.82. The van der Waals surface area contributed by atoms with Crippen molar-refractivity contribution >= 4 is 5.97 Å². The number of carboxylic acid groups (broad SMARTS) is 1. The molecule has 4 heteroatoms. The molecule has 2 heterocycles. The first kappa shape index (κ1) is 14.9. The summed E-state index contributed by atoms with van der Waals surface area (Å²) in [6.07, 6.45) is 3.57. The van der Waals surface area contributed by atoms with Gasteiger partial charge in [0.05, 0.1) is 13.1 Å². The van der Waals surface area contributed by atoms with Gasteiger partial charge in [-0.1, -0.05) is 30.3 Å². The summed E-state index contributed by atoms with van der Waals surface area (Å²) >= 11 is 0. The number of quaternary nitrogens is 1. The van der Waals surface area contributed by atoms with Crippen LogP contribution in [0.15, 0.2) is 46.9 Å². The molecule has 0 atom stereocenters. The maximum absolute atomic E-state index is 10.7. The first-order valence-electron chi connectivity index (χ1n) is 7.88. The highest BCUT2D eigenvalue weighted by Gasteiger charge is 2.23. The molecule has 116 valence electrons. The Bertz CT molecular complexity index is 612. The molecule has 0 bridgehead atoms. The number of carbonyl (C=O) groups excluding carboxylic acids is 1. The number of hydrogen-bond acceptors (Lipinski definition) is 3. The van der Waals surface area contributed by atoms with E-state index >= 15 is 0 Å². The van der Waals surface area contributed by atoms with Crippen molar-refractivity contribution in [3.63, 3.8) is 0 Å². The summed E-state index contributed by atoms with van der Waals surface area (Å²) in [5.74, 6) is 0.161. The van der Waals surface area contributed by atoms with Gasteiger partial charge in [-0.05, 0) is 42.9 Å². The molecule has 22 heavy (non-hydrogen) atoms. The van der Waals surface area contributed by atoms with Crippen LogP contribution in [0.3, 0.4) is 0 Å². The van der Waals surface area contributed by atoms with E-state index in [0.717, 1.165) is 37.7 Å². The van der Waals surface area contributed by atoms with Crippen molar-refractivity contribution in [2.75, 3.05) is 13.1 Å². The van der Waals surface area contributed by atoms with E-state index in [1.165, 1.54) is 29.4 Å². The molecule has 0 radical (unpaired) electrons. The smallest absolute Gasteiger partial charge is 0.159 e. The van der Waals surface area contributed by atoms with Crippen molar-refractivity contribution in [1.29, 1.82) is 0 Å². The predicted molar refractivity (Wildman–Crippen MR) is 80.3 cm³/mol. The monoisotopic (exact) mass is 299 g/mol. The quantitative estimate of drug-likeness (QED) is 0.883. The molecule has 1 aliphatic heterocycles. The second-order valence-corrected chi connectivity index (χ2v) is 6.11. The van der Waals surface area contributed by atoms with Crippen molar-refractivity contribution in [1.82, 2.24) is 0 Å². The van der Waals surface area contributed by atoms with Crippen LogP contribution < -0.4 is 10.0 Å². The third-order valence-corrected chi connectivity index (χ3v) is 4.47. The van der Waals surface area contributed by atoms with Crippen LogP contribution in [0.5, 0.6) is 0 Å². The molecule has 1 aromatic heterocycles. The highest BCUT2D eigenvalue weighted by atomic mass is 16.4. The molecule has 0 saturated carbocycles. The largest absolute Gasteiger partial charge is 0.542 e. The molecule has 1 aromatic carbocycles. The fourth-order valence-electron chi connectivity index (χ4n) is 3.24. The number of nitrogens with one attached hydrogen (secondary N) is 1. The molecule has 3 rings (SSSR count). The second-order valence-electron chi connectivity index (χ2n) is 6.11.